The fourth-order valence-corrected chi connectivity index (χ4v) is 2.42. The molecule has 0 aromatic heterocycles. The molecule has 0 spiro atoms. The summed E-state index contributed by atoms with van der Waals surface area (Å²) in [5.41, 5.74) is 0.726. The Hall–Kier alpha value is -1.75. The Morgan fingerprint density at radius 1 is 1.05 bits per heavy atom. The predicted molar refractivity (Wildman–Crippen MR) is 87.4 cm³/mol. The Balaban J connectivity index is 1.99. The lowest BCUT2D eigenvalue weighted by molar-refractivity contribution is -0.118. The van der Waals surface area contributed by atoms with E-state index < -0.39 is 5.91 Å². The fourth-order valence-electron chi connectivity index (χ4n) is 1.71. The second-order valence-corrected chi connectivity index (χ2v) is 5.60. The molecule has 114 valence electrons. The summed E-state index contributed by atoms with van der Waals surface area (Å²) in [5.74, 6) is -0.135. The first kappa shape index (κ1) is 16.6. The van der Waals surface area contributed by atoms with E-state index >= 15 is 0 Å². The lowest BCUT2D eigenvalue weighted by Crippen LogP contribution is -2.20. The summed E-state index contributed by atoms with van der Waals surface area (Å²) in [6.45, 7) is -0.271. The summed E-state index contributed by atoms with van der Waals surface area (Å²) < 4.78 is 5.31. The SMILES string of the molecule is O=Cc1cc(Cl)ccc1OCC(=O)Nc1cc(Cl)cc(Cl)c1. The van der Waals surface area contributed by atoms with Crippen molar-refractivity contribution in [1.82, 2.24) is 0 Å². The third kappa shape index (κ3) is 4.63. The van der Waals surface area contributed by atoms with Crippen molar-refractivity contribution in [1.29, 1.82) is 0 Å². The number of hydrogen-bond donors (Lipinski definition) is 1. The van der Waals surface area contributed by atoms with Crippen molar-refractivity contribution in [2.75, 3.05) is 11.9 Å². The fraction of sp³-hybridized carbons (Fsp3) is 0.0667. The van der Waals surface area contributed by atoms with Gasteiger partial charge in [-0.3, -0.25) is 9.59 Å². The summed E-state index contributed by atoms with van der Waals surface area (Å²) in [5, 5.41) is 3.82. The van der Waals surface area contributed by atoms with Crippen LogP contribution in [0, 0.1) is 0 Å². The van der Waals surface area contributed by atoms with Crippen molar-refractivity contribution in [2.24, 2.45) is 0 Å². The van der Waals surface area contributed by atoms with Gasteiger partial charge in [-0.25, -0.2) is 0 Å². The van der Waals surface area contributed by atoms with Crippen molar-refractivity contribution >= 4 is 52.7 Å². The van der Waals surface area contributed by atoms with Crippen LogP contribution in [-0.2, 0) is 4.79 Å². The second kappa shape index (κ2) is 7.49. The Bertz CT molecular complexity index is 699. The number of benzene rings is 2. The number of hydrogen-bond acceptors (Lipinski definition) is 3. The van der Waals surface area contributed by atoms with Crippen LogP contribution in [0.15, 0.2) is 36.4 Å². The zero-order valence-corrected chi connectivity index (χ0v) is 13.4. The van der Waals surface area contributed by atoms with Crippen molar-refractivity contribution in [3.05, 3.63) is 57.0 Å². The summed E-state index contributed by atoms with van der Waals surface area (Å²) in [6.07, 6.45) is 0.607. The van der Waals surface area contributed by atoms with Crippen LogP contribution in [0.25, 0.3) is 0 Å². The zero-order chi connectivity index (χ0) is 16.1. The van der Waals surface area contributed by atoms with E-state index in [1.54, 1.807) is 24.3 Å². The van der Waals surface area contributed by atoms with Crippen molar-refractivity contribution < 1.29 is 14.3 Å². The van der Waals surface area contributed by atoms with Gasteiger partial charge in [0.05, 0.1) is 5.56 Å². The summed E-state index contributed by atoms with van der Waals surface area (Å²) in [4.78, 5) is 22.8. The van der Waals surface area contributed by atoms with Gasteiger partial charge in [0.1, 0.15) is 5.75 Å². The standard InChI is InChI=1S/C15H10Cl3NO3/c16-10-1-2-14(9(3-10)7-20)22-8-15(21)19-13-5-11(17)4-12(18)6-13/h1-7H,8H2,(H,19,21). The Kier molecular flexibility index (Phi) is 5.66. The molecule has 2 rings (SSSR count). The number of nitrogens with one attached hydrogen (secondary N) is 1. The van der Waals surface area contributed by atoms with Crippen LogP contribution in [0.4, 0.5) is 5.69 Å². The molecule has 0 heterocycles. The van der Waals surface area contributed by atoms with Crippen LogP contribution >= 0.6 is 34.8 Å². The molecule has 0 radical (unpaired) electrons. The first-order chi connectivity index (χ1) is 10.5. The van der Waals surface area contributed by atoms with E-state index in [0.717, 1.165) is 0 Å². The van der Waals surface area contributed by atoms with Gasteiger partial charge >= 0.3 is 0 Å². The molecule has 0 saturated heterocycles. The molecule has 1 amide bonds. The number of ether oxygens (including phenoxy) is 1. The number of carbonyl (C=O) groups is 2. The van der Waals surface area contributed by atoms with E-state index in [1.807, 2.05) is 0 Å². The average Bonchev–Trinajstić information content (AvgIpc) is 2.44. The second-order valence-electron chi connectivity index (χ2n) is 4.29. The molecule has 0 fully saturated rings. The number of amides is 1. The highest BCUT2D eigenvalue weighted by Gasteiger charge is 2.08. The van der Waals surface area contributed by atoms with Crippen LogP contribution in [-0.4, -0.2) is 18.8 Å². The minimum absolute atomic E-state index is 0.270. The van der Waals surface area contributed by atoms with Gasteiger partial charge in [-0.2, -0.15) is 0 Å². The lowest BCUT2D eigenvalue weighted by atomic mass is 10.2. The minimum Gasteiger partial charge on any atom is -0.483 e. The number of halogens is 3. The molecule has 2 aromatic carbocycles. The number of rotatable bonds is 5. The smallest absolute Gasteiger partial charge is 0.262 e. The molecule has 1 N–H and O–H groups in total. The van der Waals surface area contributed by atoms with Gasteiger partial charge in [-0.15, -0.1) is 0 Å². The van der Waals surface area contributed by atoms with Crippen molar-refractivity contribution in [2.45, 2.75) is 0 Å². The maximum atomic E-state index is 11.8. The van der Waals surface area contributed by atoms with Crippen LogP contribution in [0.1, 0.15) is 10.4 Å². The zero-order valence-electron chi connectivity index (χ0n) is 11.1. The van der Waals surface area contributed by atoms with Gasteiger partial charge in [0.15, 0.2) is 12.9 Å². The van der Waals surface area contributed by atoms with E-state index in [4.69, 9.17) is 39.5 Å². The topological polar surface area (TPSA) is 55.4 Å². The average molecular weight is 359 g/mol. The molecule has 0 bridgehead atoms. The maximum Gasteiger partial charge on any atom is 0.262 e. The first-order valence-corrected chi connectivity index (χ1v) is 7.25. The maximum absolute atomic E-state index is 11.8. The minimum atomic E-state index is -0.412. The van der Waals surface area contributed by atoms with Crippen LogP contribution in [0.2, 0.25) is 15.1 Å². The molecule has 0 aliphatic rings. The number of carbonyl (C=O) groups excluding carboxylic acids is 2. The van der Waals surface area contributed by atoms with Gasteiger partial charge in [0, 0.05) is 20.8 Å². The highest BCUT2D eigenvalue weighted by molar-refractivity contribution is 6.35. The van der Waals surface area contributed by atoms with Gasteiger partial charge in [-0.1, -0.05) is 34.8 Å². The van der Waals surface area contributed by atoms with Crippen LogP contribution in [0.5, 0.6) is 5.75 Å². The largest absolute Gasteiger partial charge is 0.483 e. The number of anilines is 1. The molecule has 0 atom stereocenters. The Morgan fingerprint density at radius 3 is 2.36 bits per heavy atom. The molecule has 22 heavy (non-hydrogen) atoms. The summed E-state index contributed by atoms with van der Waals surface area (Å²) in [7, 11) is 0. The van der Waals surface area contributed by atoms with E-state index in [2.05, 4.69) is 5.32 Å². The molecule has 0 aliphatic heterocycles. The molecule has 4 nitrogen and oxygen atoms in total. The van der Waals surface area contributed by atoms with Crippen LogP contribution < -0.4 is 10.1 Å². The van der Waals surface area contributed by atoms with Crippen molar-refractivity contribution in [3.8, 4) is 5.75 Å². The summed E-state index contributed by atoms with van der Waals surface area (Å²) >= 11 is 17.5. The third-order valence-corrected chi connectivity index (χ3v) is 3.28. The highest BCUT2D eigenvalue weighted by Crippen LogP contribution is 2.23. The van der Waals surface area contributed by atoms with E-state index in [1.165, 1.54) is 12.1 Å². The molecule has 7 heteroatoms. The predicted octanol–water partition coefficient (Wildman–Crippen LogP) is 4.48. The van der Waals surface area contributed by atoms with Gasteiger partial charge in [0.25, 0.3) is 5.91 Å². The van der Waals surface area contributed by atoms with Crippen molar-refractivity contribution in [3.63, 3.8) is 0 Å². The van der Waals surface area contributed by atoms with Gasteiger partial charge < -0.3 is 10.1 Å². The molecule has 2 aromatic rings. The van der Waals surface area contributed by atoms with Gasteiger partial charge in [-0.05, 0) is 36.4 Å². The van der Waals surface area contributed by atoms with E-state index in [9.17, 15) is 9.59 Å². The normalized spacial score (nSPS) is 10.1. The van der Waals surface area contributed by atoms with Gasteiger partial charge in [0.2, 0.25) is 0 Å². The Morgan fingerprint density at radius 2 is 1.73 bits per heavy atom. The number of aldehydes is 1. The summed E-state index contributed by atoms with van der Waals surface area (Å²) in [6, 6.07) is 9.22. The molecular weight excluding hydrogens is 349 g/mol. The van der Waals surface area contributed by atoms with E-state index in [0.29, 0.717) is 27.0 Å². The third-order valence-electron chi connectivity index (χ3n) is 2.60. The highest BCUT2D eigenvalue weighted by atomic mass is 35.5. The Labute approximate surface area is 141 Å². The van der Waals surface area contributed by atoms with Crippen LogP contribution in [0.3, 0.4) is 0 Å². The molecule has 0 aliphatic carbocycles. The molecule has 0 unspecified atom stereocenters. The first-order valence-electron chi connectivity index (χ1n) is 6.11. The lowest BCUT2D eigenvalue weighted by Gasteiger charge is -2.10. The quantitative estimate of drug-likeness (QED) is 0.802. The van der Waals surface area contributed by atoms with E-state index in [-0.39, 0.29) is 17.9 Å². The molecular formula is C15H10Cl3NO3. The molecule has 0 saturated carbocycles. The monoisotopic (exact) mass is 357 g/mol.